The van der Waals surface area contributed by atoms with E-state index < -0.39 is 17.5 Å². The van der Waals surface area contributed by atoms with Gasteiger partial charge in [-0.15, -0.1) is 0 Å². The van der Waals surface area contributed by atoms with E-state index in [9.17, 15) is 13.2 Å². The Morgan fingerprint density at radius 3 is 2.39 bits per heavy atom. The molecule has 0 saturated carbocycles. The molecule has 0 amide bonds. The van der Waals surface area contributed by atoms with Crippen LogP contribution in [-0.2, 0) is 0 Å². The Balaban J connectivity index is 2.37. The van der Waals surface area contributed by atoms with Gasteiger partial charge in [0.1, 0.15) is 28.9 Å². The lowest BCUT2D eigenvalue weighted by Gasteiger charge is -2.07. The molecule has 0 aliphatic heterocycles. The lowest BCUT2D eigenvalue weighted by Crippen LogP contribution is -1.93. The Labute approximate surface area is 101 Å². The molecule has 18 heavy (non-hydrogen) atoms. The third kappa shape index (κ3) is 2.28. The number of hydrogen-bond acceptors (Lipinski definition) is 2. The average molecular weight is 249 g/mol. The zero-order valence-corrected chi connectivity index (χ0v) is 8.95. The highest BCUT2D eigenvalue weighted by atomic mass is 19.2. The maximum Gasteiger partial charge on any atom is 0.162 e. The van der Waals surface area contributed by atoms with Gasteiger partial charge in [0.2, 0.25) is 0 Å². The quantitative estimate of drug-likeness (QED) is 0.811. The fraction of sp³-hybridized carbons (Fsp3) is 0. The topological polar surface area (TPSA) is 33.0 Å². The van der Waals surface area contributed by atoms with E-state index in [0.29, 0.717) is 0 Å². The summed E-state index contributed by atoms with van der Waals surface area (Å²) in [5, 5.41) is 8.77. The molecule has 0 aliphatic carbocycles. The molecule has 0 N–H and O–H groups in total. The van der Waals surface area contributed by atoms with Gasteiger partial charge in [0, 0.05) is 6.07 Å². The summed E-state index contributed by atoms with van der Waals surface area (Å²) < 4.78 is 44.1. The van der Waals surface area contributed by atoms with E-state index in [-0.39, 0.29) is 17.1 Å². The summed E-state index contributed by atoms with van der Waals surface area (Å²) in [5.74, 6) is -2.90. The van der Waals surface area contributed by atoms with Gasteiger partial charge in [-0.1, -0.05) is 6.07 Å². The van der Waals surface area contributed by atoms with Crippen molar-refractivity contribution >= 4 is 0 Å². The summed E-state index contributed by atoms with van der Waals surface area (Å²) >= 11 is 0. The SMILES string of the molecule is N#Cc1c(F)cccc1Oc1ccc(F)c(F)c1. The minimum absolute atomic E-state index is 0.0176. The van der Waals surface area contributed by atoms with E-state index >= 15 is 0 Å². The molecule has 0 radical (unpaired) electrons. The molecule has 0 bridgehead atoms. The number of ether oxygens (including phenoxy) is 1. The molecule has 0 atom stereocenters. The van der Waals surface area contributed by atoms with Crippen LogP contribution >= 0.6 is 0 Å². The van der Waals surface area contributed by atoms with Crippen molar-refractivity contribution in [2.75, 3.05) is 0 Å². The van der Waals surface area contributed by atoms with Crippen molar-refractivity contribution in [3.8, 4) is 17.6 Å². The molecule has 0 saturated heterocycles. The van der Waals surface area contributed by atoms with E-state index in [2.05, 4.69) is 0 Å². The summed E-state index contributed by atoms with van der Waals surface area (Å²) in [6.07, 6.45) is 0. The first kappa shape index (κ1) is 12.0. The normalized spacial score (nSPS) is 9.89. The third-order valence-corrected chi connectivity index (χ3v) is 2.21. The summed E-state index contributed by atoms with van der Waals surface area (Å²) in [6, 6.07) is 8.36. The van der Waals surface area contributed by atoms with Gasteiger partial charge >= 0.3 is 0 Å². The predicted molar refractivity (Wildman–Crippen MR) is 57.5 cm³/mol. The second-order valence-corrected chi connectivity index (χ2v) is 3.40. The molecule has 2 rings (SSSR count). The fourth-order valence-electron chi connectivity index (χ4n) is 1.37. The summed E-state index contributed by atoms with van der Waals surface area (Å²) in [4.78, 5) is 0. The lowest BCUT2D eigenvalue weighted by molar-refractivity contribution is 0.456. The molecule has 90 valence electrons. The van der Waals surface area contributed by atoms with Crippen molar-refractivity contribution in [2.45, 2.75) is 0 Å². The van der Waals surface area contributed by atoms with Gasteiger partial charge in [-0.25, -0.2) is 13.2 Å². The second-order valence-electron chi connectivity index (χ2n) is 3.40. The molecule has 0 heterocycles. The van der Waals surface area contributed by atoms with Crippen molar-refractivity contribution in [3.05, 3.63) is 59.4 Å². The smallest absolute Gasteiger partial charge is 0.162 e. The van der Waals surface area contributed by atoms with E-state index in [1.165, 1.54) is 18.2 Å². The average Bonchev–Trinajstić information content (AvgIpc) is 2.34. The molecule has 0 aromatic heterocycles. The molecule has 2 aromatic carbocycles. The van der Waals surface area contributed by atoms with E-state index in [1.54, 1.807) is 6.07 Å². The van der Waals surface area contributed by atoms with E-state index in [1.807, 2.05) is 0 Å². The fourth-order valence-corrected chi connectivity index (χ4v) is 1.37. The van der Waals surface area contributed by atoms with Gasteiger partial charge in [0.15, 0.2) is 11.6 Å². The number of halogens is 3. The Bertz CT molecular complexity index is 635. The van der Waals surface area contributed by atoms with Gasteiger partial charge in [0.05, 0.1) is 0 Å². The summed E-state index contributed by atoms with van der Waals surface area (Å²) in [6.45, 7) is 0. The van der Waals surface area contributed by atoms with Gasteiger partial charge in [-0.05, 0) is 24.3 Å². The largest absolute Gasteiger partial charge is 0.456 e. The molecule has 2 nitrogen and oxygen atoms in total. The van der Waals surface area contributed by atoms with Crippen LogP contribution in [0.4, 0.5) is 13.2 Å². The van der Waals surface area contributed by atoms with Crippen molar-refractivity contribution in [3.63, 3.8) is 0 Å². The first-order chi connectivity index (χ1) is 8.61. The lowest BCUT2D eigenvalue weighted by atomic mass is 10.2. The Morgan fingerprint density at radius 1 is 0.944 bits per heavy atom. The van der Waals surface area contributed by atoms with Crippen molar-refractivity contribution in [1.82, 2.24) is 0 Å². The minimum Gasteiger partial charge on any atom is -0.456 e. The molecule has 0 aliphatic rings. The zero-order chi connectivity index (χ0) is 13.1. The monoisotopic (exact) mass is 249 g/mol. The first-order valence-electron chi connectivity index (χ1n) is 4.93. The van der Waals surface area contributed by atoms with Crippen LogP contribution in [0.1, 0.15) is 5.56 Å². The predicted octanol–water partition coefficient (Wildman–Crippen LogP) is 3.77. The maximum atomic E-state index is 13.3. The van der Waals surface area contributed by atoms with Crippen LogP contribution in [0.25, 0.3) is 0 Å². The number of hydrogen-bond donors (Lipinski definition) is 0. The molecule has 2 aromatic rings. The summed E-state index contributed by atoms with van der Waals surface area (Å²) in [7, 11) is 0. The molecule has 0 spiro atoms. The van der Waals surface area contributed by atoms with Crippen LogP contribution in [0, 0.1) is 28.8 Å². The molecular formula is C13H6F3NO. The van der Waals surface area contributed by atoms with Crippen LogP contribution < -0.4 is 4.74 Å². The van der Waals surface area contributed by atoms with E-state index in [0.717, 1.165) is 18.2 Å². The standard InChI is InChI=1S/C13H6F3NO/c14-10-2-1-3-13(9(10)7-17)18-8-4-5-11(15)12(16)6-8/h1-6H. The minimum atomic E-state index is -1.08. The first-order valence-corrected chi connectivity index (χ1v) is 4.93. The number of nitriles is 1. The van der Waals surface area contributed by atoms with Gasteiger partial charge in [0.25, 0.3) is 0 Å². The Kier molecular flexibility index (Phi) is 3.20. The molecular weight excluding hydrogens is 243 g/mol. The third-order valence-electron chi connectivity index (χ3n) is 2.21. The van der Waals surface area contributed by atoms with Crippen molar-refractivity contribution < 1.29 is 17.9 Å². The second kappa shape index (κ2) is 4.80. The van der Waals surface area contributed by atoms with Crippen LogP contribution in [0.3, 0.4) is 0 Å². The van der Waals surface area contributed by atoms with Crippen molar-refractivity contribution in [1.29, 1.82) is 5.26 Å². The van der Waals surface area contributed by atoms with Gasteiger partial charge < -0.3 is 4.74 Å². The highest BCUT2D eigenvalue weighted by molar-refractivity contribution is 5.46. The van der Waals surface area contributed by atoms with E-state index in [4.69, 9.17) is 10.00 Å². The van der Waals surface area contributed by atoms with Crippen LogP contribution in [0.15, 0.2) is 36.4 Å². The zero-order valence-electron chi connectivity index (χ0n) is 8.95. The number of nitrogens with zero attached hydrogens (tertiary/aromatic N) is 1. The van der Waals surface area contributed by atoms with Crippen LogP contribution in [0.5, 0.6) is 11.5 Å². The van der Waals surface area contributed by atoms with Crippen LogP contribution in [0.2, 0.25) is 0 Å². The summed E-state index contributed by atoms with van der Waals surface area (Å²) in [5.41, 5.74) is -0.290. The van der Waals surface area contributed by atoms with Gasteiger partial charge in [-0.2, -0.15) is 5.26 Å². The van der Waals surface area contributed by atoms with Crippen LogP contribution in [-0.4, -0.2) is 0 Å². The Hall–Kier alpha value is -2.48. The maximum absolute atomic E-state index is 13.3. The van der Waals surface area contributed by atoms with Gasteiger partial charge in [-0.3, -0.25) is 0 Å². The number of rotatable bonds is 2. The highest BCUT2D eigenvalue weighted by Gasteiger charge is 2.11. The number of benzene rings is 2. The van der Waals surface area contributed by atoms with Crippen molar-refractivity contribution in [2.24, 2.45) is 0 Å². The highest BCUT2D eigenvalue weighted by Crippen LogP contribution is 2.27. The molecule has 5 heteroatoms. The Morgan fingerprint density at radius 2 is 1.72 bits per heavy atom. The molecule has 0 unspecified atom stereocenters. The molecule has 0 fully saturated rings.